The third-order valence-electron chi connectivity index (χ3n) is 2.16. The molecule has 1 rings (SSSR count). The lowest BCUT2D eigenvalue weighted by atomic mass is 10.2. The molecule has 0 aliphatic rings. The topological polar surface area (TPSA) is 47.3 Å². The van der Waals surface area contributed by atoms with Crippen molar-refractivity contribution in [2.45, 2.75) is 26.0 Å². The fourth-order valence-corrected chi connectivity index (χ4v) is 1.18. The predicted octanol–water partition coefficient (Wildman–Crippen LogP) is 1.45. The van der Waals surface area contributed by atoms with Gasteiger partial charge in [-0.1, -0.05) is 37.3 Å². The minimum atomic E-state index is 0.249. The predicted molar refractivity (Wildman–Crippen MR) is 57.5 cm³/mol. The first kappa shape index (κ1) is 11.2. The molecule has 3 N–H and O–H groups in total. The number of hydrazine groups is 1. The highest BCUT2D eigenvalue weighted by atomic mass is 16.5. The molecule has 0 amide bonds. The van der Waals surface area contributed by atoms with Crippen LogP contribution in [0.4, 0.5) is 0 Å². The van der Waals surface area contributed by atoms with Crippen LogP contribution in [-0.2, 0) is 11.3 Å². The van der Waals surface area contributed by atoms with E-state index in [0.717, 1.165) is 6.42 Å². The summed E-state index contributed by atoms with van der Waals surface area (Å²) in [6, 6.07) is 10.4. The number of hydrogen-bond donors (Lipinski definition) is 2. The molecule has 1 atom stereocenters. The van der Waals surface area contributed by atoms with Crippen molar-refractivity contribution in [2.75, 3.05) is 6.61 Å². The van der Waals surface area contributed by atoms with Gasteiger partial charge in [0.15, 0.2) is 0 Å². The van der Waals surface area contributed by atoms with E-state index in [0.29, 0.717) is 13.2 Å². The highest BCUT2D eigenvalue weighted by Gasteiger charge is 2.02. The van der Waals surface area contributed by atoms with Crippen molar-refractivity contribution in [3.05, 3.63) is 35.9 Å². The summed E-state index contributed by atoms with van der Waals surface area (Å²) in [6.45, 7) is 3.39. The van der Waals surface area contributed by atoms with Crippen LogP contribution < -0.4 is 11.3 Å². The van der Waals surface area contributed by atoms with Crippen LogP contribution in [0.5, 0.6) is 0 Å². The van der Waals surface area contributed by atoms with Gasteiger partial charge in [-0.3, -0.25) is 11.3 Å². The van der Waals surface area contributed by atoms with Gasteiger partial charge in [-0.15, -0.1) is 0 Å². The number of benzene rings is 1. The lowest BCUT2D eigenvalue weighted by Crippen LogP contribution is -2.38. The molecule has 78 valence electrons. The Morgan fingerprint density at radius 3 is 2.64 bits per heavy atom. The number of nitrogens with two attached hydrogens (primary N) is 1. The molecule has 0 bridgehead atoms. The van der Waals surface area contributed by atoms with Gasteiger partial charge >= 0.3 is 0 Å². The van der Waals surface area contributed by atoms with Crippen LogP contribution in [0.2, 0.25) is 0 Å². The van der Waals surface area contributed by atoms with Gasteiger partial charge in [0.25, 0.3) is 0 Å². The molecule has 3 heteroatoms. The highest BCUT2D eigenvalue weighted by Crippen LogP contribution is 2.01. The van der Waals surface area contributed by atoms with Crippen LogP contribution in [0.25, 0.3) is 0 Å². The fraction of sp³-hybridized carbons (Fsp3) is 0.455. The van der Waals surface area contributed by atoms with Crippen molar-refractivity contribution < 1.29 is 4.74 Å². The van der Waals surface area contributed by atoms with Gasteiger partial charge in [-0.2, -0.15) is 0 Å². The SMILES string of the molecule is CCC(COCc1ccccc1)NN. The molecule has 14 heavy (non-hydrogen) atoms. The Morgan fingerprint density at radius 2 is 2.07 bits per heavy atom. The molecule has 0 saturated carbocycles. The zero-order chi connectivity index (χ0) is 10.2. The molecular formula is C11H18N2O. The number of nitrogens with one attached hydrogen (secondary N) is 1. The average Bonchev–Trinajstić information content (AvgIpc) is 2.26. The Morgan fingerprint density at radius 1 is 1.36 bits per heavy atom. The number of rotatable bonds is 6. The smallest absolute Gasteiger partial charge is 0.0717 e. The lowest BCUT2D eigenvalue weighted by molar-refractivity contribution is 0.0976. The normalized spacial score (nSPS) is 12.7. The van der Waals surface area contributed by atoms with Crippen molar-refractivity contribution in [1.29, 1.82) is 0 Å². The van der Waals surface area contributed by atoms with Crippen LogP contribution >= 0.6 is 0 Å². The highest BCUT2D eigenvalue weighted by molar-refractivity contribution is 5.13. The molecule has 0 spiro atoms. The van der Waals surface area contributed by atoms with Crippen LogP contribution in [0.15, 0.2) is 30.3 Å². The number of ether oxygens (including phenoxy) is 1. The summed E-state index contributed by atoms with van der Waals surface area (Å²) in [5.41, 5.74) is 3.91. The maximum atomic E-state index is 5.52. The van der Waals surface area contributed by atoms with E-state index in [4.69, 9.17) is 10.6 Å². The third kappa shape index (κ3) is 3.87. The van der Waals surface area contributed by atoms with Crippen molar-refractivity contribution in [1.82, 2.24) is 5.43 Å². The summed E-state index contributed by atoms with van der Waals surface area (Å²) < 4.78 is 5.52. The molecule has 0 aromatic heterocycles. The zero-order valence-corrected chi connectivity index (χ0v) is 8.57. The molecule has 0 aliphatic heterocycles. The zero-order valence-electron chi connectivity index (χ0n) is 8.57. The molecule has 3 nitrogen and oxygen atoms in total. The van der Waals surface area contributed by atoms with Crippen molar-refractivity contribution >= 4 is 0 Å². The van der Waals surface area contributed by atoms with Gasteiger partial charge in [-0.25, -0.2) is 0 Å². The summed E-state index contributed by atoms with van der Waals surface area (Å²) in [5.74, 6) is 5.33. The average molecular weight is 194 g/mol. The lowest BCUT2D eigenvalue weighted by Gasteiger charge is -2.13. The van der Waals surface area contributed by atoms with Crippen LogP contribution in [-0.4, -0.2) is 12.6 Å². The fourth-order valence-electron chi connectivity index (χ4n) is 1.18. The summed E-state index contributed by atoms with van der Waals surface area (Å²) in [4.78, 5) is 0. The second kappa shape index (κ2) is 6.54. The molecule has 1 aromatic rings. The molecule has 0 heterocycles. The van der Waals surface area contributed by atoms with Gasteiger partial charge in [0.05, 0.1) is 13.2 Å². The summed E-state index contributed by atoms with van der Waals surface area (Å²) in [7, 11) is 0. The van der Waals surface area contributed by atoms with Crippen molar-refractivity contribution in [2.24, 2.45) is 5.84 Å². The Labute approximate surface area is 85.2 Å². The largest absolute Gasteiger partial charge is 0.375 e. The molecule has 0 saturated heterocycles. The first-order valence-corrected chi connectivity index (χ1v) is 4.94. The maximum Gasteiger partial charge on any atom is 0.0717 e. The van der Waals surface area contributed by atoms with E-state index < -0.39 is 0 Å². The first-order valence-electron chi connectivity index (χ1n) is 4.94. The van der Waals surface area contributed by atoms with Crippen LogP contribution in [0, 0.1) is 0 Å². The standard InChI is InChI=1S/C11H18N2O/c1-2-11(13-12)9-14-8-10-6-4-3-5-7-10/h3-7,11,13H,2,8-9,12H2,1H3. The molecule has 0 fully saturated rings. The third-order valence-corrected chi connectivity index (χ3v) is 2.16. The minimum Gasteiger partial charge on any atom is -0.375 e. The molecular weight excluding hydrogens is 176 g/mol. The summed E-state index contributed by atoms with van der Waals surface area (Å²) in [5, 5.41) is 0. The second-order valence-corrected chi connectivity index (χ2v) is 3.27. The summed E-state index contributed by atoms with van der Waals surface area (Å²) in [6.07, 6.45) is 0.977. The Kier molecular flexibility index (Phi) is 5.22. The number of hydrogen-bond acceptors (Lipinski definition) is 3. The molecule has 1 unspecified atom stereocenters. The van der Waals surface area contributed by atoms with E-state index in [-0.39, 0.29) is 6.04 Å². The van der Waals surface area contributed by atoms with Crippen molar-refractivity contribution in [3.8, 4) is 0 Å². The maximum absolute atomic E-state index is 5.52. The Hall–Kier alpha value is -0.900. The van der Waals surface area contributed by atoms with E-state index in [1.165, 1.54) is 5.56 Å². The molecule has 0 radical (unpaired) electrons. The molecule has 1 aromatic carbocycles. The van der Waals surface area contributed by atoms with E-state index in [1.807, 2.05) is 18.2 Å². The van der Waals surface area contributed by atoms with Gasteiger partial charge in [-0.05, 0) is 12.0 Å². The Bertz CT molecular complexity index is 234. The summed E-state index contributed by atoms with van der Waals surface area (Å²) >= 11 is 0. The van der Waals surface area contributed by atoms with E-state index in [9.17, 15) is 0 Å². The van der Waals surface area contributed by atoms with E-state index in [2.05, 4.69) is 24.5 Å². The van der Waals surface area contributed by atoms with Crippen molar-refractivity contribution in [3.63, 3.8) is 0 Å². The monoisotopic (exact) mass is 194 g/mol. The van der Waals surface area contributed by atoms with E-state index in [1.54, 1.807) is 0 Å². The minimum absolute atomic E-state index is 0.249. The van der Waals surface area contributed by atoms with Gasteiger partial charge in [0.1, 0.15) is 0 Å². The van der Waals surface area contributed by atoms with Crippen LogP contribution in [0.3, 0.4) is 0 Å². The quantitative estimate of drug-likeness (QED) is 0.532. The van der Waals surface area contributed by atoms with E-state index >= 15 is 0 Å². The van der Waals surface area contributed by atoms with Gasteiger partial charge in [0, 0.05) is 6.04 Å². The molecule has 0 aliphatic carbocycles. The first-order chi connectivity index (χ1) is 6.86. The van der Waals surface area contributed by atoms with Crippen LogP contribution in [0.1, 0.15) is 18.9 Å². The van der Waals surface area contributed by atoms with Gasteiger partial charge in [0.2, 0.25) is 0 Å². The van der Waals surface area contributed by atoms with Gasteiger partial charge < -0.3 is 4.74 Å². The Balaban J connectivity index is 2.21. The second-order valence-electron chi connectivity index (χ2n) is 3.27.